The van der Waals surface area contributed by atoms with Gasteiger partial charge >= 0.3 is 0 Å². The van der Waals surface area contributed by atoms with Crippen molar-refractivity contribution in [3.05, 3.63) is 34.3 Å². The van der Waals surface area contributed by atoms with Crippen LogP contribution in [0.4, 0.5) is 0 Å². The van der Waals surface area contributed by atoms with Crippen molar-refractivity contribution in [2.75, 3.05) is 32.9 Å². The van der Waals surface area contributed by atoms with Gasteiger partial charge in [0.25, 0.3) is 0 Å². The molecule has 136 valence electrons. The van der Waals surface area contributed by atoms with Crippen molar-refractivity contribution >= 4 is 15.9 Å². The van der Waals surface area contributed by atoms with Gasteiger partial charge in [0, 0.05) is 23.7 Å². The van der Waals surface area contributed by atoms with Gasteiger partial charge < -0.3 is 14.6 Å². The van der Waals surface area contributed by atoms with Crippen LogP contribution >= 0.6 is 15.9 Å². The summed E-state index contributed by atoms with van der Waals surface area (Å²) >= 11 is 3.63. The molecule has 4 nitrogen and oxygen atoms in total. The molecular weight excluding hydrogens is 370 g/mol. The van der Waals surface area contributed by atoms with E-state index in [2.05, 4.69) is 52.9 Å². The molecule has 3 unspecified atom stereocenters. The highest BCUT2D eigenvalue weighted by molar-refractivity contribution is 9.10. The normalized spacial score (nSPS) is 20.5. The van der Waals surface area contributed by atoms with Crippen LogP contribution in [0.25, 0.3) is 0 Å². The zero-order valence-corrected chi connectivity index (χ0v) is 16.4. The van der Waals surface area contributed by atoms with Crippen molar-refractivity contribution in [3.63, 3.8) is 0 Å². The molecule has 1 N–H and O–H groups in total. The van der Waals surface area contributed by atoms with E-state index in [9.17, 15) is 5.11 Å². The van der Waals surface area contributed by atoms with Crippen LogP contribution in [0.15, 0.2) is 28.7 Å². The number of rotatable bonds is 10. The van der Waals surface area contributed by atoms with Crippen molar-refractivity contribution in [2.24, 2.45) is 0 Å². The SMILES string of the molecule is CCCN(CC(O)COCC1CCCO1)C(C)c1ccccc1Br. The summed E-state index contributed by atoms with van der Waals surface area (Å²) in [6, 6.07) is 8.53. The van der Waals surface area contributed by atoms with Crippen molar-refractivity contribution < 1.29 is 14.6 Å². The number of hydrogen-bond acceptors (Lipinski definition) is 4. The minimum Gasteiger partial charge on any atom is -0.389 e. The number of ether oxygens (including phenoxy) is 2. The van der Waals surface area contributed by atoms with Gasteiger partial charge in [-0.15, -0.1) is 0 Å². The van der Waals surface area contributed by atoms with Crippen LogP contribution in [-0.2, 0) is 9.47 Å². The van der Waals surface area contributed by atoms with Crippen molar-refractivity contribution in [1.29, 1.82) is 0 Å². The summed E-state index contributed by atoms with van der Waals surface area (Å²) in [5.74, 6) is 0. The maximum absolute atomic E-state index is 10.4. The largest absolute Gasteiger partial charge is 0.389 e. The van der Waals surface area contributed by atoms with Crippen molar-refractivity contribution in [3.8, 4) is 0 Å². The minimum absolute atomic E-state index is 0.211. The lowest BCUT2D eigenvalue weighted by atomic mass is 10.1. The highest BCUT2D eigenvalue weighted by atomic mass is 79.9. The number of aliphatic hydroxyl groups excluding tert-OH is 1. The Bertz CT molecular complexity index is 479. The quantitative estimate of drug-likeness (QED) is 0.649. The summed E-state index contributed by atoms with van der Waals surface area (Å²) in [5.41, 5.74) is 1.25. The van der Waals surface area contributed by atoms with Crippen LogP contribution in [0, 0.1) is 0 Å². The van der Waals surface area contributed by atoms with E-state index >= 15 is 0 Å². The lowest BCUT2D eigenvalue weighted by molar-refractivity contribution is -0.0282. The van der Waals surface area contributed by atoms with E-state index < -0.39 is 6.10 Å². The van der Waals surface area contributed by atoms with E-state index in [1.165, 1.54) is 5.56 Å². The molecule has 1 aromatic rings. The number of nitrogens with zero attached hydrogens (tertiary/aromatic N) is 1. The lowest BCUT2D eigenvalue weighted by Crippen LogP contribution is -2.37. The Labute approximate surface area is 154 Å². The summed E-state index contributed by atoms with van der Waals surface area (Å²) in [5, 5.41) is 10.4. The lowest BCUT2D eigenvalue weighted by Gasteiger charge is -2.31. The van der Waals surface area contributed by atoms with Crippen LogP contribution in [-0.4, -0.2) is 55.1 Å². The summed E-state index contributed by atoms with van der Waals surface area (Å²) in [6.07, 6.45) is 2.96. The first-order chi connectivity index (χ1) is 11.6. The molecule has 0 spiro atoms. The topological polar surface area (TPSA) is 41.9 Å². The van der Waals surface area contributed by atoms with Gasteiger partial charge in [0.1, 0.15) is 0 Å². The summed E-state index contributed by atoms with van der Waals surface area (Å²) in [7, 11) is 0. The van der Waals surface area contributed by atoms with Crippen LogP contribution in [0.1, 0.15) is 44.7 Å². The van der Waals surface area contributed by atoms with E-state index in [0.29, 0.717) is 19.8 Å². The highest BCUT2D eigenvalue weighted by Gasteiger charge is 2.21. The standard InChI is InChI=1S/C19H30BrNO3/c1-3-10-21(15(2)18-8-4-5-9-19(18)20)12-16(22)13-23-14-17-7-6-11-24-17/h4-5,8-9,15-17,22H,3,6-7,10-14H2,1-2H3. The third-order valence-corrected chi connectivity index (χ3v) is 5.22. The average Bonchev–Trinajstić information content (AvgIpc) is 3.08. The molecule has 1 saturated heterocycles. The van der Waals surface area contributed by atoms with E-state index in [1.54, 1.807) is 0 Å². The number of hydrogen-bond donors (Lipinski definition) is 1. The molecule has 1 aliphatic heterocycles. The second-order valence-corrected chi connectivity index (χ2v) is 7.37. The molecule has 3 atom stereocenters. The molecule has 0 amide bonds. The molecule has 0 bridgehead atoms. The number of benzene rings is 1. The molecule has 1 fully saturated rings. The average molecular weight is 400 g/mol. The van der Waals surface area contributed by atoms with Gasteiger partial charge in [0.2, 0.25) is 0 Å². The van der Waals surface area contributed by atoms with Gasteiger partial charge in [-0.2, -0.15) is 0 Å². The Hall–Kier alpha value is -0.460. The number of halogens is 1. The van der Waals surface area contributed by atoms with Gasteiger partial charge in [-0.1, -0.05) is 41.1 Å². The van der Waals surface area contributed by atoms with E-state index in [1.807, 2.05) is 6.07 Å². The molecule has 1 aliphatic rings. The smallest absolute Gasteiger partial charge is 0.0900 e. The van der Waals surface area contributed by atoms with Crippen molar-refractivity contribution in [1.82, 2.24) is 4.90 Å². The summed E-state index contributed by atoms with van der Waals surface area (Å²) < 4.78 is 12.3. The second kappa shape index (κ2) is 10.5. The predicted octanol–water partition coefficient (Wildman–Crippen LogP) is 3.78. The second-order valence-electron chi connectivity index (χ2n) is 6.52. The first-order valence-electron chi connectivity index (χ1n) is 8.97. The fourth-order valence-corrected chi connectivity index (χ4v) is 3.79. The Morgan fingerprint density at radius 3 is 2.88 bits per heavy atom. The summed E-state index contributed by atoms with van der Waals surface area (Å²) in [4.78, 5) is 2.32. The molecule has 5 heteroatoms. The molecule has 0 saturated carbocycles. The fourth-order valence-electron chi connectivity index (χ4n) is 3.18. The van der Waals surface area contributed by atoms with Gasteiger partial charge in [-0.3, -0.25) is 4.90 Å². The van der Waals surface area contributed by atoms with Crippen molar-refractivity contribution in [2.45, 2.75) is 51.4 Å². The predicted molar refractivity (Wildman–Crippen MR) is 100 cm³/mol. The Balaban J connectivity index is 1.83. The maximum atomic E-state index is 10.4. The molecule has 1 aromatic carbocycles. The maximum Gasteiger partial charge on any atom is 0.0900 e. The molecule has 0 aromatic heterocycles. The Morgan fingerprint density at radius 1 is 1.42 bits per heavy atom. The third kappa shape index (κ3) is 6.12. The monoisotopic (exact) mass is 399 g/mol. The van der Waals surface area contributed by atoms with E-state index in [0.717, 1.165) is 36.9 Å². The minimum atomic E-state index is -0.483. The van der Waals surface area contributed by atoms with Gasteiger partial charge in [-0.25, -0.2) is 0 Å². The first-order valence-corrected chi connectivity index (χ1v) is 9.77. The van der Waals surface area contributed by atoms with Gasteiger partial charge in [0.15, 0.2) is 0 Å². The molecule has 0 aliphatic carbocycles. The zero-order valence-electron chi connectivity index (χ0n) is 14.8. The summed E-state index contributed by atoms with van der Waals surface area (Å²) in [6.45, 7) is 7.71. The molecule has 0 radical (unpaired) electrons. The van der Waals surface area contributed by atoms with E-state index in [-0.39, 0.29) is 12.1 Å². The van der Waals surface area contributed by atoms with Gasteiger partial charge in [-0.05, 0) is 44.4 Å². The van der Waals surface area contributed by atoms with E-state index in [4.69, 9.17) is 9.47 Å². The Morgan fingerprint density at radius 2 is 2.21 bits per heavy atom. The highest BCUT2D eigenvalue weighted by Crippen LogP contribution is 2.27. The fraction of sp³-hybridized carbons (Fsp3) is 0.684. The zero-order chi connectivity index (χ0) is 17.4. The third-order valence-electron chi connectivity index (χ3n) is 4.50. The molecule has 1 heterocycles. The van der Waals surface area contributed by atoms with Crippen LogP contribution in [0.2, 0.25) is 0 Å². The van der Waals surface area contributed by atoms with Crippen LogP contribution in [0.3, 0.4) is 0 Å². The van der Waals surface area contributed by atoms with Gasteiger partial charge in [0.05, 0.1) is 25.4 Å². The number of aliphatic hydroxyl groups is 1. The van der Waals surface area contributed by atoms with Crippen LogP contribution in [0.5, 0.6) is 0 Å². The Kier molecular flexibility index (Phi) is 8.70. The van der Waals surface area contributed by atoms with Crippen LogP contribution < -0.4 is 0 Å². The molecule has 24 heavy (non-hydrogen) atoms. The molecular formula is C19H30BrNO3. The molecule has 2 rings (SSSR count). The first kappa shape index (κ1) is 19.9.